The van der Waals surface area contributed by atoms with Crippen molar-refractivity contribution in [2.45, 2.75) is 39.7 Å². The Labute approximate surface area is 165 Å². The van der Waals surface area contributed by atoms with Crippen LogP contribution in [0.1, 0.15) is 35.2 Å². The molecule has 0 saturated carbocycles. The van der Waals surface area contributed by atoms with Crippen molar-refractivity contribution in [3.8, 4) is 0 Å². The second kappa shape index (κ2) is 8.87. The average Bonchev–Trinajstić information content (AvgIpc) is 2.68. The number of likely N-dealkylation sites (tertiary alicyclic amines) is 1. The molecule has 0 spiro atoms. The molecule has 1 aromatic heterocycles. The second-order valence-electron chi connectivity index (χ2n) is 7.50. The molecule has 0 unspecified atom stereocenters. The summed E-state index contributed by atoms with van der Waals surface area (Å²) in [5, 5.41) is 2.88. The summed E-state index contributed by atoms with van der Waals surface area (Å²) in [5.41, 5.74) is 3.06. The Kier molecular flexibility index (Phi) is 6.29. The zero-order valence-corrected chi connectivity index (χ0v) is 16.5. The molecule has 0 aliphatic carbocycles. The maximum absolute atomic E-state index is 12.6. The molecule has 1 atom stereocenters. The van der Waals surface area contributed by atoms with E-state index in [0.717, 1.165) is 29.7 Å². The summed E-state index contributed by atoms with van der Waals surface area (Å²) in [7, 11) is 0. The van der Waals surface area contributed by atoms with Crippen molar-refractivity contribution in [2.24, 2.45) is 5.92 Å². The largest absolute Gasteiger partial charge is 0.352 e. The van der Waals surface area contributed by atoms with Crippen LogP contribution in [0.2, 0.25) is 0 Å². The third-order valence-electron chi connectivity index (χ3n) is 5.28. The normalized spacial score (nSPS) is 16.6. The minimum Gasteiger partial charge on any atom is -0.352 e. The number of pyridine rings is 1. The fraction of sp³-hybridized carbons (Fsp3) is 0.409. The summed E-state index contributed by atoms with van der Waals surface area (Å²) in [6, 6.07) is 11.5. The van der Waals surface area contributed by atoms with Crippen molar-refractivity contribution in [2.75, 3.05) is 13.1 Å². The maximum atomic E-state index is 12.6. The zero-order valence-electron chi connectivity index (χ0n) is 16.5. The lowest BCUT2D eigenvalue weighted by atomic mass is 9.96. The first-order chi connectivity index (χ1) is 13.4. The molecule has 0 bridgehead atoms. The van der Waals surface area contributed by atoms with Gasteiger partial charge in [0.15, 0.2) is 0 Å². The van der Waals surface area contributed by atoms with Gasteiger partial charge in [-0.25, -0.2) is 0 Å². The van der Waals surface area contributed by atoms with Crippen molar-refractivity contribution in [1.29, 1.82) is 0 Å². The Morgan fingerprint density at radius 3 is 2.68 bits per heavy atom. The lowest BCUT2D eigenvalue weighted by Gasteiger charge is -2.32. The van der Waals surface area contributed by atoms with Gasteiger partial charge in [-0.1, -0.05) is 30.3 Å². The van der Waals surface area contributed by atoms with E-state index in [1.807, 2.05) is 50.2 Å². The highest BCUT2D eigenvalue weighted by Gasteiger charge is 2.28. The molecule has 3 rings (SSSR count). The van der Waals surface area contributed by atoms with Crippen LogP contribution in [0.3, 0.4) is 0 Å². The number of hydrogen-bond acceptors (Lipinski definition) is 3. The van der Waals surface area contributed by atoms with Gasteiger partial charge in [0.1, 0.15) is 0 Å². The van der Waals surface area contributed by atoms with Crippen molar-refractivity contribution >= 4 is 11.8 Å². The molecule has 2 N–H and O–H groups in total. The molecule has 2 aromatic rings. The van der Waals surface area contributed by atoms with Crippen LogP contribution in [0.15, 0.2) is 41.2 Å². The summed E-state index contributed by atoms with van der Waals surface area (Å²) in [4.78, 5) is 41.9. The first-order valence-electron chi connectivity index (χ1n) is 9.73. The molecule has 1 fully saturated rings. The molecule has 148 valence electrons. The summed E-state index contributed by atoms with van der Waals surface area (Å²) < 4.78 is 0. The van der Waals surface area contributed by atoms with E-state index in [1.54, 1.807) is 4.90 Å². The number of rotatable bonds is 5. The minimum absolute atomic E-state index is 0.0505. The van der Waals surface area contributed by atoms with Crippen molar-refractivity contribution < 1.29 is 9.59 Å². The van der Waals surface area contributed by atoms with Crippen molar-refractivity contribution in [3.63, 3.8) is 0 Å². The Hall–Kier alpha value is -2.89. The number of benzene rings is 1. The number of H-pyrrole nitrogens is 1. The molecule has 1 aliphatic rings. The van der Waals surface area contributed by atoms with Crippen LogP contribution in [0.5, 0.6) is 0 Å². The second-order valence-corrected chi connectivity index (χ2v) is 7.50. The van der Waals surface area contributed by atoms with Crippen LogP contribution in [0, 0.1) is 19.8 Å². The fourth-order valence-corrected chi connectivity index (χ4v) is 3.72. The molecule has 28 heavy (non-hydrogen) atoms. The van der Waals surface area contributed by atoms with Gasteiger partial charge in [-0.05, 0) is 43.9 Å². The number of amides is 2. The highest BCUT2D eigenvalue weighted by Crippen LogP contribution is 2.18. The molecule has 1 aliphatic heterocycles. The van der Waals surface area contributed by atoms with Gasteiger partial charge in [0.2, 0.25) is 11.8 Å². The molecule has 0 radical (unpaired) electrons. The zero-order chi connectivity index (χ0) is 20.1. The van der Waals surface area contributed by atoms with Gasteiger partial charge in [-0.3, -0.25) is 14.4 Å². The number of carbonyl (C=O) groups excluding carboxylic acids is 2. The lowest BCUT2D eigenvalue weighted by Crippen LogP contribution is -2.46. The molecular formula is C22H27N3O3. The van der Waals surface area contributed by atoms with E-state index in [1.165, 1.54) is 0 Å². The smallest absolute Gasteiger partial charge is 0.253 e. The first-order valence-corrected chi connectivity index (χ1v) is 9.73. The van der Waals surface area contributed by atoms with Crippen LogP contribution in [-0.2, 0) is 22.6 Å². The third-order valence-corrected chi connectivity index (χ3v) is 5.28. The average molecular weight is 381 g/mol. The number of piperidine rings is 1. The molecule has 6 nitrogen and oxygen atoms in total. The van der Waals surface area contributed by atoms with E-state index in [2.05, 4.69) is 10.3 Å². The summed E-state index contributed by atoms with van der Waals surface area (Å²) in [5.74, 6) is -0.288. The van der Waals surface area contributed by atoms with Gasteiger partial charge in [0.05, 0.1) is 12.3 Å². The number of aromatic amines is 1. The number of nitrogens with one attached hydrogen (secondary N) is 2. The molecule has 6 heteroatoms. The number of aromatic nitrogens is 1. The Morgan fingerprint density at radius 2 is 1.96 bits per heavy atom. The summed E-state index contributed by atoms with van der Waals surface area (Å²) in [6.07, 6.45) is 1.92. The summed E-state index contributed by atoms with van der Waals surface area (Å²) in [6.45, 7) is 5.02. The Morgan fingerprint density at radius 1 is 1.21 bits per heavy atom. The summed E-state index contributed by atoms with van der Waals surface area (Å²) >= 11 is 0. The third kappa shape index (κ3) is 4.88. The van der Waals surface area contributed by atoms with E-state index in [4.69, 9.17) is 0 Å². The predicted molar refractivity (Wildman–Crippen MR) is 108 cm³/mol. The molecule has 1 aromatic carbocycles. The van der Waals surface area contributed by atoms with Crippen LogP contribution >= 0.6 is 0 Å². The van der Waals surface area contributed by atoms with E-state index < -0.39 is 0 Å². The monoisotopic (exact) mass is 381 g/mol. The van der Waals surface area contributed by atoms with Crippen LogP contribution in [0.25, 0.3) is 0 Å². The van der Waals surface area contributed by atoms with Gasteiger partial charge >= 0.3 is 0 Å². The van der Waals surface area contributed by atoms with Gasteiger partial charge < -0.3 is 15.2 Å². The quantitative estimate of drug-likeness (QED) is 0.832. The van der Waals surface area contributed by atoms with Gasteiger partial charge in [-0.2, -0.15) is 0 Å². The lowest BCUT2D eigenvalue weighted by molar-refractivity contribution is -0.135. The van der Waals surface area contributed by atoms with E-state index in [0.29, 0.717) is 25.1 Å². The predicted octanol–water partition coefficient (Wildman–Crippen LogP) is 2.09. The van der Waals surface area contributed by atoms with E-state index in [-0.39, 0.29) is 29.8 Å². The van der Waals surface area contributed by atoms with Crippen molar-refractivity contribution in [1.82, 2.24) is 15.2 Å². The molecule has 2 amide bonds. The topological polar surface area (TPSA) is 82.3 Å². The van der Waals surface area contributed by atoms with Gasteiger partial charge in [-0.15, -0.1) is 0 Å². The molecular weight excluding hydrogens is 354 g/mol. The molecule has 2 heterocycles. The SMILES string of the molecule is Cc1cc(C)c(CNC(=O)[C@@H]2CCCN(C(=O)Cc3ccccc3)C2)c(=O)[nH]1. The Balaban J connectivity index is 1.57. The number of hydrogen-bond donors (Lipinski definition) is 2. The number of aryl methyl sites for hydroxylation is 2. The van der Waals surface area contributed by atoms with E-state index in [9.17, 15) is 14.4 Å². The van der Waals surface area contributed by atoms with Gasteiger partial charge in [0.25, 0.3) is 5.56 Å². The van der Waals surface area contributed by atoms with Crippen LogP contribution < -0.4 is 10.9 Å². The van der Waals surface area contributed by atoms with Gasteiger partial charge in [0, 0.05) is 30.9 Å². The Bertz CT molecular complexity index is 905. The number of carbonyl (C=O) groups is 2. The van der Waals surface area contributed by atoms with E-state index >= 15 is 0 Å². The fourth-order valence-electron chi connectivity index (χ4n) is 3.72. The van der Waals surface area contributed by atoms with Crippen LogP contribution in [0.4, 0.5) is 0 Å². The maximum Gasteiger partial charge on any atom is 0.253 e. The highest BCUT2D eigenvalue weighted by atomic mass is 16.2. The molecule has 1 saturated heterocycles. The van der Waals surface area contributed by atoms with Crippen molar-refractivity contribution in [3.05, 3.63) is 69.1 Å². The number of nitrogens with zero attached hydrogens (tertiary/aromatic N) is 1. The highest BCUT2D eigenvalue weighted by molar-refractivity contribution is 5.82. The minimum atomic E-state index is -0.238. The standard InChI is InChI=1S/C22H27N3O3/c1-15-11-16(2)24-22(28)19(15)13-23-21(27)18-9-6-10-25(14-18)20(26)12-17-7-4-3-5-8-17/h3-5,7-8,11,18H,6,9-10,12-14H2,1-2H3,(H,23,27)(H,24,28)/t18-/m1/s1. The van der Waals surface area contributed by atoms with Crippen LogP contribution in [-0.4, -0.2) is 34.8 Å². The first kappa shape index (κ1) is 19.9.